The van der Waals surface area contributed by atoms with Gasteiger partial charge in [0, 0.05) is 42.5 Å². The summed E-state index contributed by atoms with van der Waals surface area (Å²) in [5.41, 5.74) is 1.10. The predicted molar refractivity (Wildman–Crippen MR) is 106 cm³/mol. The topological polar surface area (TPSA) is 63.7 Å². The Kier molecular flexibility index (Phi) is 5.89. The van der Waals surface area contributed by atoms with Gasteiger partial charge >= 0.3 is 0 Å². The molecule has 27 heavy (non-hydrogen) atoms. The molecule has 1 saturated carbocycles. The van der Waals surface area contributed by atoms with Gasteiger partial charge in [-0.25, -0.2) is 4.98 Å². The van der Waals surface area contributed by atoms with E-state index in [9.17, 15) is 4.79 Å². The maximum absolute atomic E-state index is 12.1. The molecule has 7 heteroatoms. The fourth-order valence-corrected chi connectivity index (χ4v) is 3.81. The van der Waals surface area contributed by atoms with E-state index in [4.69, 9.17) is 9.47 Å². The Bertz CT molecular complexity index is 749. The Morgan fingerprint density at radius 1 is 1.33 bits per heavy atom. The number of benzene rings is 1. The molecule has 1 saturated heterocycles. The summed E-state index contributed by atoms with van der Waals surface area (Å²) in [6, 6.07) is 8.19. The highest BCUT2D eigenvalue weighted by Gasteiger charge is 2.24. The van der Waals surface area contributed by atoms with Crippen molar-refractivity contribution in [2.45, 2.75) is 31.7 Å². The first-order valence-electron chi connectivity index (χ1n) is 9.56. The number of carbonyl (C=O) groups is 1. The molecule has 0 unspecified atom stereocenters. The summed E-state index contributed by atoms with van der Waals surface area (Å²) < 4.78 is 11.3. The zero-order valence-electron chi connectivity index (χ0n) is 15.3. The maximum atomic E-state index is 12.1. The van der Waals surface area contributed by atoms with Gasteiger partial charge < -0.3 is 19.7 Å². The number of aromatic nitrogens is 1. The van der Waals surface area contributed by atoms with Crippen molar-refractivity contribution in [3.05, 3.63) is 35.8 Å². The lowest BCUT2D eigenvalue weighted by atomic mass is 10.0. The highest BCUT2D eigenvalue weighted by Crippen LogP contribution is 2.29. The number of hydrogen-bond acceptors (Lipinski definition) is 6. The smallest absolute Gasteiger partial charge is 0.278 e. The van der Waals surface area contributed by atoms with Gasteiger partial charge in [0.2, 0.25) is 5.91 Å². The molecule has 4 rings (SSSR count). The van der Waals surface area contributed by atoms with Crippen molar-refractivity contribution in [2.24, 2.45) is 5.92 Å². The van der Waals surface area contributed by atoms with Crippen LogP contribution >= 0.6 is 11.3 Å². The molecule has 2 aromatic rings. The maximum Gasteiger partial charge on any atom is 0.278 e. The fourth-order valence-electron chi connectivity index (χ4n) is 3.31. The van der Waals surface area contributed by atoms with Crippen molar-refractivity contribution >= 4 is 22.9 Å². The molecule has 0 bridgehead atoms. The third-order valence-electron chi connectivity index (χ3n) is 4.87. The van der Waals surface area contributed by atoms with Crippen LogP contribution in [0.25, 0.3) is 0 Å². The summed E-state index contributed by atoms with van der Waals surface area (Å²) in [7, 11) is 0. The lowest BCUT2D eigenvalue weighted by Gasteiger charge is -2.35. The molecule has 1 atom stereocenters. The summed E-state index contributed by atoms with van der Waals surface area (Å²) in [5.74, 6) is 1.45. The van der Waals surface area contributed by atoms with E-state index >= 15 is 0 Å². The lowest BCUT2D eigenvalue weighted by molar-refractivity contribution is -0.126. The highest BCUT2D eigenvalue weighted by atomic mass is 32.1. The van der Waals surface area contributed by atoms with Crippen LogP contribution in [0.1, 0.15) is 25.7 Å². The number of amides is 1. The number of nitrogens with zero attached hydrogens (tertiary/aromatic N) is 2. The third kappa shape index (κ3) is 5.43. The first-order chi connectivity index (χ1) is 13.3. The highest BCUT2D eigenvalue weighted by molar-refractivity contribution is 7.11. The van der Waals surface area contributed by atoms with E-state index in [-0.39, 0.29) is 18.6 Å². The van der Waals surface area contributed by atoms with Crippen LogP contribution in [0.5, 0.6) is 10.9 Å². The average Bonchev–Trinajstić information content (AvgIpc) is 3.36. The third-order valence-corrected chi connectivity index (χ3v) is 5.52. The quantitative estimate of drug-likeness (QED) is 0.752. The average molecular weight is 388 g/mol. The molecule has 1 aliphatic heterocycles. The van der Waals surface area contributed by atoms with E-state index in [2.05, 4.69) is 21.3 Å². The Morgan fingerprint density at radius 3 is 3.07 bits per heavy atom. The second-order valence-electron chi connectivity index (χ2n) is 7.21. The van der Waals surface area contributed by atoms with Crippen LogP contribution in [0.3, 0.4) is 0 Å². The molecule has 2 heterocycles. The molecule has 1 N–H and O–H groups in total. The predicted octanol–water partition coefficient (Wildman–Crippen LogP) is 3.45. The van der Waals surface area contributed by atoms with Gasteiger partial charge in [0.1, 0.15) is 12.4 Å². The number of piperidine rings is 1. The Balaban J connectivity index is 1.30. The normalized spacial score (nSPS) is 19.7. The van der Waals surface area contributed by atoms with Crippen LogP contribution in [-0.2, 0) is 9.53 Å². The summed E-state index contributed by atoms with van der Waals surface area (Å²) in [6.07, 6.45) is 6.26. The van der Waals surface area contributed by atoms with E-state index in [1.165, 1.54) is 24.2 Å². The van der Waals surface area contributed by atoms with Crippen LogP contribution in [0.4, 0.5) is 5.69 Å². The molecule has 2 aliphatic rings. The van der Waals surface area contributed by atoms with Crippen LogP contribution < -0.4 is 15.0 Å². The van der Waals surface area contributed by atoms with E-state index in [0.717, 1.165) is 44.0 Å². The van der Waals surface area contributed by atoms with E-state index in [0.29, 0.717) is 11.1 Å². The second kappa shape index (κ2) is 8.71. The number of carbonyl (C=O) groups excluding carboxylic acids is 1. The first kappa shape index (κ1) is 18.3. The second-order valence-corrected chi connectivity index (χ2v) is 8.07. The molecule has 1 aliphatic carbocycles. The molecule has 1 aromatic carbocycles. The van der Waals surface area contributed by atoms with Crippen LogP contribution in [0, 0.1) is 5.92 Å². The first-order valence-corrected chi connectivity index (χ1v) is 10.4. The fraction of sp³-hybridized carbons (Fsp3) is 0.500. The summed E-state index contributed by atoms with van der Waals surface area (Å²) >= 11 is 1.47. The molecule has 2 fully saturated rings. The monoisotopic (exact) mass is 387 g/mol. The summed E-state index contributed by atoms with van der Waals surface area (Å²) in [4.78, 5) is 18.6. The van der Waals surface area contributed by atoms with Crippen molar-refractivity contribution in [1.29, 1.82) is 0 Å². The number of rotatable bonds is 8. The van der Waals surface area contributed by atoms with Gasteiger partial charge in [-0.05, 0) is 43.7 Å². The SMILES string of the molecule is O=C(COCC1CC1)N[C@H]1CCCN(c2cccc(Oc3nccs3)c2)C1. The van der Waals surface area contributed by atoms with Gasteiger partial charge in [0.25, 0.3) is 5.19 Å². The van der Waals surface area contributed by atoms with Crippen LogP contribution in [-0.4, -0.2) is 43.2 Å². The zero-order chi connectivity index (χ0) is 18.5. The largest absolute Gasteiger partial charge is 0.431 e. The van der Waals surface area contributed by atoms with Crippen molar-refractivity contribution in [1.82, 2.24) is 10.3 Å². The van der Waals surface area contributed by atoms with Gasteiger partial charge in [-0.3, -0.25) is 4.79 Å². The molecule has 6 nitrogen and oxygen atoms in total. The van der Waals surface area contributed by atoms with Crippen molar-refractivity contribution in [3.8, 4) is 10.9 Å². The van der Waals surface area contributed by atoms with Crippen molar-refractivity contribution in [3.63, 3.8) is 0 Å². The molecule has 0 radical (unpaired) electrons. The molecule has 1 aromatic heterocycles. The summed E-state index contributed by atoms with van der Waals surface area (Å²) in [6.45, 7) is 2.67. The van der Waals surface area contributed by atoms with Gasteiger partial charge in [0.15, 0.2) is 0 Å². The lowest BCUT2D eigenvalue weighted by Crippen LogP contribution is -2.48. The molecular formula is C20H25N3O3S. The molecular weight excluding hydrogens is 362 g/mol. The summed E-state index contributed by atoms with van der Waals surface area (Å²) in [5, 5.41) is 5.65. The van der Waals surface area contributed by atoms with Gasteiger partial charge in [0.05, 0.1) is 6.61 Å². The number of hydrogen-bond donors (Lipinski definition) is 1. The number of thiazole rings is 1. The van der Waals surface area contributed by atoms with Crippen LogP contribution in [0.15, 0.2) is 35.8 Å². The zero-order valence-corrected chi connectivity index (χ0v) is 16.1. The van der Waals surface area contributed by atoms with Gasteiger partial charge in [-0.1, -0.05) is 17.4 Å². The Labute approximate surface area is 163 Å². The minimum Gasteiger partial charge on any atom is -0.431 e. The van der Waals surface area contributed by atoms with Crippen LogP contribution in [0.2, 0.25) is 0 Å². The van der Waals surface area contributed by atoms with E-state index in [1.807, 2.05) is 23.6 Å². The minimum absolute atomic E-state index is 0.0108. The Hall–Kier alpha value is -2.12. The minimum atomic E-state index is -0.0108. The van der Waals surface area contributed by atoms with Gasteiger partial charge in [-0.2, -0.15) is 0 Å². The van der Waals surface area contributed by atoms with E-state index in [1.54, 1.807) is 6.20 Å². The molecule has 1 amide bonds. The molecule has 0 spiro atoms. The standard InChI is InChI=1S/C20H25N3O3S/c24-19(14-25-13-15-6-7-15)22-16-3-2-9-23(12-16)17-4-1-5-18(11-17)26-20-21-8-10-27-20/h1,4-5,8,10-11,15-16H,2-3,6-7,9,12-14H2,(H,22,24)/t16-/m0/s1. The van der Waals surface area contributed by atoms with E-state index < -0.39 is 0 Å². The number of nitrogens with one attached hydrogen (secondary N) is 1. The number of ether oxygens (including phenoxy) is 2. The Morgan fingerprint density at radius 2 is 2.26 bits per heavy atom. The molecule has 144 valence electrons. The number of anilines is 1. The van der Waals surface area contributed by atoms with Crippen molar-refractivity contribution in [2.75, 3.05) is 31.2 Å². The van der Waals surface area contributed by atoms with Gasteiger partial charge in [-0.15, -0.1) is 0 Å². The van der Waals surface area contributed by atoms with Crippen molar-refractivity contribution < 1.29 is 14.3 Å².